The minimum absolute atomic E-state index is 0.0289. The number of hydrogen-bond donors (Lipinski definition) is 4. The number of carbonyl (C=O) groups is 6. The number of amides is 4. The molecule has 0 aromatic heterocycles. The second-order valence-electron chi connectivity index (χ2n) is 8.75. The van der Waals surface area contributed by atoms with Crippen molar-refractivity contribution in [2.45, 2.75) is 64.8 Å². The molecule has 0 aliphatic rings. The topological polar surface area (TPSA) is 187 Å². The van der Waals surface area contributed by atoms with Gasteiger partial charge in [-0.1, -0.05) is 74.5 Å². The number of hydroxylamine groups is 2. The minimum atomic E-state index is -1.93. The summed E-state index contributed by atoms with van der Waals surface area (Å²) in [5, 5.41) is 4.36. The van der Waals surface area contributed by atoms with Gasteiger partial charge in [-0.3, -0.25) is 9.59 Å². The molecule has 226 valence electrons. The van der Waals surface area contributed by atoms with Crippen LogP contribution in [0.3, 0.4) is 0 Å². The van der Waals surface area contributed by atoms with E-state index in [1.807, 2.05) is 11.0 Å². The number of alkyl carbamates (subject to hydrolysis) is 2. The van der Waals surface area contributed by atoms with Crippen molar-refractivity contribution in [1.29, 1.82) is 0 Å². The maximum atomic E-state index is 13.1. The van der Waals surface area contributed by atoms with Gasteiger partial charge in [-0.25, -0.2) is 19.2 Å². The highest BCUT2D eigenvalue weighted by atomic mass is 16.7. The average molecular weight is 587 g/mol. The Kier molecular flexibility index (Phi) is 14.4. The standard InChI is InChI=1S/C28H34N4O10/c1-3-11-21(33)41-31-25(35)23(29-27(37)39-17-19-13-7-5-8-14-19)24(26(36)32-42-22(34)12-4-2)30-28(38)40-18-20-15-9-6-10-16-20/h5-10,13-16,23-24H,3-4,11-12,17-18H2,1-2H3,(H,29,37)(H,30,38)(H,31,35)(H,32,36). The van der Waals surface area contributed by atoms with Gasteiger partial charge in [0.05, 0.1) is 0 Å². The molecular weight excluding hydrogens is 552 g/mol. The van der Waals surface area contributed by atoms with Crippen LogP contribution in [0.15, 0.2) is 60.7 Å². The molecule has 4 amide bonds. The first-order valence-corrected chi connectivity index (χ1v) is 13.2. The van der Waals surface area contributed by atoms with E-state index in [-0.39, 0.29) is 26.1 Å². The molecular formula is C28H34N4O10. The van der Waals surface area contributed by atoms with E-state index in [1.165, 1.54) is 0 Å². The Morgan fingerprint density at radius 3 is 1.29 bits per heavy atom. The van der Waals surface area contributed by atoms with Crippen molar-refractivity contribution < 1.29 is 47.9 Å². The highest BCUT2D eigenvalue weighted by Crippen LogP contribution is 2.05. The molecule has 2 aromatic carbocycles. The van der Waals surface area contributed by atoms with Gasteiger partial charge in [0.15, 0.2) is 0 Å². The zero-order valence-electron chi connectivity index (χ0n) is 23.3. The third-order valence-electron chi connectivity index (χ3n) is 5.31. The third kappa shape index (κ3) is 12.4. The number of rotatable bonds is 13. The molecule has 14 nitrogen and oxygen atoms in total. The molecule has 0 heterocycles. The molecule has 0 bridgehead atoms. The largest absolute Gasteiger partial charge is 0.445 e. The molecule has 0 fully saturated rings. The van der Waals surface area contributed by atoms with Gasteiger partial charge in [0.2, 0.25) is 0 Å². The van der Waals surface area contributed by atoms with Crippen molar-refractivity contribution in [3.05, 3.63) is 71.8 Å². The van der Waals surface area contributed by atoms with Crippen LogP contribution < -0.4 is 21.6 Å². The SMILES string of the molecule is CCCC(=O)ONC(=O)C(NC(=O)OCc1ccccc1)C(NC(=O)OCc1ccccc1)C(=O)NOC(=O)CCC. The predicted octanol–water partition coefficient (Wildman–Crippen LogP) is 2.33. The van der Waals surface area contributed by atoms with Crippen LogP contribution in [0.1, 0.15) is 50.7 Å². The molecule has 0 saturated carbocycles. The maximum Gasteiger partial charge on any atom is 0.408 e. The fraction of sp³-hybridized carbons (Fsp3) is 0.357. The van der Waals surface area contributed by atoms with E-state index in [4.69, 9.17) is 19.1 Å². The summed E-state index contributed by atoms with van der Waals surface area (Å²) < 4.78 is 10.3. The van der Waals surface area contributed by atoms with Gasteiger partial charge >= 0.3 is 24.1 Å². The zero-order valence-corrected chi connectivity index (χ0v) is 23.3. The lowest BCUT2D eigenvalue weighted by Crippen LogP contribution is -2.63. The highest BCUT2D eigenvalue weighted by molar-refractivity contribution is 5.96. The number of ether oxygens (including phenoxy) is 2. The van der Waals surface area contributed by atoms with Gasteiger partial charge in [-0.15, -0.1) is 0 Å². The van der Waals surface area contributed by atoms with Crippen molar-refractivity contribution in [3.8, 4) is 0 Å². The Balaban J connectivity index is 2.25. The van der Waals surface area contributed by atoms with E-state index >= 15 is 0 Å². The molecule has 0 spiro atoms. The van der Waals surface area contributed by atoms with Crippen molar-refractivity contribution in [2.75, 3.05) is 0 Å². The van der Waals surface area contributed by atoms with Gasteiger partial charge in [-0.05, 0) is 24.0 Å². The minimum Gasteiger partial charge on any atom is -0.445 e. The van der Waals surface area contributed by atoms with Crippen LogP contribution in [0.4, 0.5) is 9.59 Å². The molecule has 2 atom stereocenters. The predicted molar refractivity (Wildman–Crippen MR) is 145 cm³/mol. The molecule has 4 N–H and O–H groups in total. The summed E-state index contributed by atoms with van der Waals surface area (Å²) in [5.41, 5.74) is 4.97. The summed E-state index contributed by atoms with van der Waals surface area (Å²) >= 11 is 0. The van der Waals surface area contributed by atoms with Gasteiger partial charge < -0.3 is 29.8 Å². The summed E-state index contributed by atoms with van der Waals surface area (Å²) in [6.07, 6.45) is -1.52. The van der Waals surface area contributed by atoms with Crippen molar-refractivity contribution >= 4 is 35.9 Å². The van der Waals surface area contributed by atoms with E-state index < -0.39 is 48.0 Å². The van der Waals surface area contributed by atoms with Crippen LogP contribution in [0, 0.1) is 0 Å². The summed E-state index contributed by atoms with van der Waals surface area (Å²) in [7, 11) is 0. The zero-order chi connectivity index (χ0) is 30.7. The Morgan fingerprint density at radius 1 is 0.595 bits per heavy atom. The molecule has 0 aliphatic heterocycles. The number of nitrogens with one attached hydrogen (secondary N) is 4. The highest BCUT2D eigenvalue weighted by Gasteiger charge is 2.38. The first-order valence-electron chi connectivity index (χ1n) is 13.2. The molecule has 2 unspecified atom stereocenters. The number of carbonyl (C=O) groups excluding carboxylic acids is 6. The Labute approximate surface area is 242 Å². The van der Waals surface area contributed by atoms with E-state index in [0.717, 1.165) is 0 Å². The van der Waals surface area contributed by atoms with Gasteiger partial charge in [0.25, 0.3) is 11.8 Å². The van der Waals surface area contributed by atoms with E-state index in [1.54, 1.807) is 74.5 Å². The lowest BCUT2D eigenvalue weighted by atomic mass is 10.1. The van der Waals surface area contributed by atoms with Crippen molar-refractivity contribution in [1.82, 2.24) is 21.6 Å². The summed E-state index contributed by atoms with van der Waals surface area (Å²) in [4.78, 5) is 84.5. The molecule has 0 radical (unpaired) electrons. The third-order valence-corrected chi connectivity index (χ3v) is 5.31. The second-order valence-corrected chi connectivity index (χ2v) is 8.75. The van der Waals surface area contributed by atoms with Gasteiger partial charge in [0.1, 0.15) is 25.3 Å². The molecule has 2 aromatic rings. The lowest BCUT2D eigenvalue weighted by molar-refractivity contribution is -0.162. The summed E-state index contributed by atoms with van der Waals surface area (Å²) in [5.74, 6) is -4.00. The fourth-order valence-corrected chi connectivity index (χ4v) is 3.24. The number of benzene rings is 2. The van der Waals surface area contributed by atoms with E-state index in [0.29, 0.717) is 24.0 Å². The van der Waals surface area contributed by atoms with Crippen LogP contribution >= 0.6 is 0 Å². The number of hydrogen-bond acceptors (Lipinski definition) is 10. The first kappa shape index (κ1) is 33.1. The smallest absolute Gasteiger partial charge is 0.408 e. The normalized spacial score (nSPS) is 11.6. The van der Waals surface area contributed by atoms with Crippen molar-refractivity contribution in [2.24, 2.45) is 0 Å². The van der Waals surface area contributed by atoms with Gasteiger partial charge in [0, 0.05) is 12.8 Å². The quantitative estimate of drug-likeness (QED) is 0.200. The van der Waals surface area contributed by atoms with E-state index in [9.17, 15) is 28.8 Å². The summed E-state index contributed by atoms with van der Waals surface area (Å²) in [6.45, 7) is 3.04. The van der Waals surface area contributed by atoms with Crippen LogP contribution in [0.25, 0.3) is 0 Å². The van der Waals surface area contributed by atoms with Crippen LogP contribution in [0.5, 0.6) is 0 Å². The Bertz CT molecular complexity index is 1100. The monoisotopic (exact) mass is 586 g/mol. The molecule has 14 heteroatoms. The lowest BCUT2D eigenvalue weighted by Gasteiger charge is -2.26. The molecule has 2 rings (SSSR count). The maximum absolute atomic E-state index is 13.1. The average Bonchev–Trinajstić information content (AvgIpc) is 2.99. The first-order chi connectivity index (χ1) is 20.2. The van der Waals surface area contributed by atoms with E-state index in [2.05, 4.69) is 10.6 Å². The Hall–Kier alpha value is -5.14. The van der Waals surface area contributed by atoms with Crippen LogP contribution in [-0.4, -0.2) is 48.0 Å². The summed E-state index contributed by atoms with van der Waals surface area (Å²) in [6, 6.07) is 13.3. The van der Waals surface area contributed by atoms with Crippen LogP contribution in [-0.2, 0) is 51.5 Å². The fourth-order valence-electron chi connectivity index (χ4n) is 3.24. The molecule has 0 saturated heterocycles. The van der Waals surface area contributed by atoms with Crippen molar-refractivity contribution in [3.63, 3.8) is 0 Å². The van der Waals surface area contributed by atoms with Gasteiger partial charge in [-0.2, -0.15) is 11.0 Å². The second kappa shape index (κ2) is 18.3. The Morgan fingerprint density at radius 2 is 0.952 bits per heavy atom. The molecule has 0 aliphatic carbocycles. The van der Waals surface area contributed by atoms with Crippen LogP contribution in [0.2, 0.25) is 0 Å². The molecule has 42 heavy (non-hydrogen) atoms.